The molecule has 114 valence electrons. The van der Waals surface area contributed by atoms with Crippen molar-refractivity contribution >= 4 is 22.3 Å². The number of para-hydroxylation sites is 1. The first-order valence-corrected chi connectivity index (χ1v) is 6.43. The molecule has 2 aromatic carbocycles. The maximum absolute atomic E-state index is 12.1. The predicted molar refractivity (Wildman–Crippen MR) is 81.2 cm³/mol. The molecule has 0 atom stereocenters. The number of non-ortho nitro benzene ring substituents is 1. The van der Waals surface area contributed by atoms with E-state index in [1.165, 1.54) is 0 Å². The van der Waals surface area contributed by atoms with Crippen molar-refractivity contribution in [1.82, 2.24) is 0 Å². The second-order valence-corrected chi connectivity index (χ2v) is 4.69. The van der Waals surface area contributed by atoms with E-state index >= 15 is 0 Å². The van der Waals surface area contributed by atoms with E-state index < -0.39 is 9.85 Å². The summed E-state index contributed by atoms with van der Waals surface area (Å²) in [6.07, 6.45) is 0. The van der Waals surface area contributed by atoms with E-state index in [-0.39, 0.29) is 33.7 Å². The van der Waals surface area contributed by atoms with Crippen molar-refractivity contribution in [1.29, 1.82) is 0 Å². The Morgan fingerprint density at radius 2 is 1.65 bits per heavy atom. The Morgan fingerprint density at radius 3 is 2.35 bits per heavy atom. The molecule has 0 amide bonds. The molecule has 0 unspecified atom stereocenters. The van der Waals surface area contributed by atoms with E-state index in [9.17, 15) is 25.0 Å². The van der Waals surface area contributed by atoms with Crippen molar-refractivity contribution in [2.24, 2.45) is 0 Å². The standard InChI is InChI=1S/C15H8N2O6/c18-13-8-15(23-14-4-2-1-3-10(13)14)11-7-9(16(19)20)5-6-12(11)17(21)22/h1-8H. The van der Waals surface area contributed by atoms with Crippen LogP contribution in [-0.4, -0.2) is 9.85 Å². The molecular formula is C15H8N2O6. The Hall–Kier alpha value is -3.55. The molecule has 0 saturated carbocycles. The number of hydrogen-bond donors (Lipinski definition) is 0. The van der Waals surface area contributed by atoms with Crippen molar-refractivity contribution in [3.8, 4) is 11.3 Å². The highest BCUT2D eigenvalue weighted by Crippen LogP contribution is 2.33. The van der Waals surface area contributed by atoms with Gasteiger partial charge < -0.3 is 4.42 Å². The Kier molecular flexibility index (Phi) is 3.34. The minimum Gasteiger partial charge on any atom is -0.456 e. The van der Waals surface area contributed by atoms with Gasteiger partial charge in [0.25, 0.3) is 11.4 Å². The lowest BCUT2D eigenvalue weighted by Crippen LogP contribution is -2.01. The zero-order chi connectivity index (χ0) is 16.6. The summed E-state index contributed by atoms with van der Waals surface area (Å²) in [6.45, 7) is 0. The molecule has 0 bridgehead atoms. The highest BCUT2D eigenvalue weighted by molar-refractivity contribution is 5.80. The molecule has 1 aromatic heterocycles. The van der Waals surface area contributed by atoms with Gasteiger partial charge in [0.2, 0.25) is 0 Å². The number of nitro benzene ring substituents is 2. The molecular weight excluding hydrogens is 304 g/mol. The highest BCUT2D eigenvalue weighted by Gasteiger charge is 2.22. The van der Waals surface area contributed by atoms with Crippen LogP contribution >= 0.6 is 0 Å². The van der Waals surface area contributed by atoms with Gasteiger partial charge in [0.1, 0.15) is 16.9 Å². The quantitative estimate of drug-likeness (QED) is 0.541. The number of hydrogen-bond acceptors (Lipinski definition) is 6. The van der Waals surface area contributed by atoms with E-state index in [0.717, 1.165) is 24.3 Å². The molecule has 3 aromatic rings. The van der Waals surface area contributed by atoms with E-state index in [2.05, 4.69) is 0 Å². The second kappa shape index (κ2) is 5.34. The summed E-state index contributed by atoms with van der Waals surface area (Å²) in [6, 6.07) is 10.6. The van der Waals surface area contributed by atoms with E-state index in [0.29, 0.717) is 5.39 Å². The third-order valence-electron chi connectivity index (χ3n) is 3.29. The summed E-state index contributed by atoms with van der Waals surface area (Å²) >= 11 is 0. The Balaban J connectivity index is 2.32. The van der Waals surface area contributed by atoms with Gasteiger partial charge in [0.05, 0.1) is 15.2 Å². The van der Waals surface area contributed by atoms with Crippen LogP contribution in [0.5, 0.6) is 0 Å². The van der Waals surface area contributed by atoms with Gasteiger partial charge in [-0.25, -0.2) is 0 Å². The summed E-state index contributed by atoms with van der Waals surface area (Å²) in [5.74, 6) is -0.0934. The van der Waals surface area contributed by atoms with Crippen molar-refractivity contribution in [2.45, 2.75) is 0 Å². The van der Waals surface area contributed by atoms with Crippen LogP contribution in [0.25, 0.3) is 22.3 Å². The summed E-state index contributed by atoms with van der Waals surface area (Å²) in [5.41, 5.74) is -0.971. The number of nitrogens with zero attached hydrogens (tertiary/aromatic N) is 2. The Labute approximate surface area is 127 Å². The normalized spacial score (nSPS) is 10.6. The second-order valence-electron chi connectivity index (χ2n) is 4.69. The van der Waals surface area contributed by atoms with Crippen LogP contribution in [0.3, 0.4) is 0 Å². The van der Waals surface area contributed by atoms with Gasteiger partial charge in [-0.05, 0) is 12.1 Å². The van der Waals surface area contributed by atoms with Crippen LogP contribution in [0.4, 0.5) is 11.4 Å². The number of rotatable bonds is 3. The molecule has 0 aliphatic heterocycles. The monoisotopic (exact) mass is 312 g/mol. The molecule has 23 heavy (non-hydrogen) atoms. The lowest BCUT2D eigenvalue weighted by atomic mass is 10.1. The molecule has 0 saturated heterocycles. The molecule has 0 fully saturated rings. The third-order valence-corrected chi connectivity index (χ3v) is 3.29. The van der Waals surface area contributed by atoms with Gasteiger partial charge in [0.15, 0.2) is 5.43 Å². The molecule has 8 heteroatoms. The molecule has 0 aliphatic rings. The smallest absolute Gasteiger partial charge is 0.280 e. The van der Waals surface area contributed by atoms with Crippen LogP contribution in [0.2, 0.25) is 0 Å². The first-order valence-electron chi connectivity index (χ1n) is 6.43. The zero-order valence-electron chi connectivity index (χ0n) is 11.5. The Morgan fingerprint density at radius 1 is 0.913 bits per heavy atom. The summed E-state index contributed by atoms with van der Waals surface area (Å²) < 4.78 is 5.53. The topological polar surface area (TPSA) is 116 Å². The van der Waals surface area contributed by atoms with Crippen LogP contribution in [0.1, 0.15) is 0 Å². The lowest BCUT2D eigenvalue weighted by molar-refractivity contribution is -0.388. The minimum atomic E-state index is -0.686. The lowest BCUT2D eigenvalue weighted by Gasteiger charge is -2.04. The predicted octanol–water partition coefficient (Wildman–Crippen LogP) is 3.28. The maximum Gasteiger partial charge on any atom is 0.280 e. The van der Waals surface area contributed by atoms with E-state index in [1.54, 1.807) is 24.3 Å². The van der Waals surface area contributed by atoms with Crippen LogP contribution in [0.15, 0.2) is 57.7 Å². The fourth-order valence-electron chi connectivity index (χ4n) is 2.23. The fraction of sp³-hybridized carbons (Fsp3) is 0. The van der Waals surface area contributed by atoms with Gasteiger partial charge >= 0.3 is 0 Å². The first kappa shape index (κ1) is 14.4. The van der Waals surface area contributed by atoms with Crippen molar-refractivity contribution in [3.63, 3.8) is 0 Å². The molecule has 0 spiro atoms. The van der Waals surface area contributed by atoms with E-state index in [4.69, 9.17) is 4.42 Å². The highest BCUT2D eigenvalue weighted by atomic mass is 16.6. The summed E-state index contributed by atoms with van der Waals surface area (Å²) in [5, 5.41) is 22.4. The van der Waals surface area contributed by atoms with Crippen molar-refractivity contribution < 1.29 is 14.3 Å². The maximum atomic E-state index is 12.1. The van der Waals surface area contributed by atoms with Crippen LogP contribution in [-0.2, 0) is 0 Å². The zero-order valence-corrected chi connectivity index (χ0v) is 11.5. The fourth-order valence-corrected chi connectivity index (χ4v) is 2.23. The number of fused-ring (bicyclic) bond motifs is 1. The molecule has 0 radical (unpaired) electrons. The SMILES string of the molecule is O=c1cc(-c2cc([N+](=O)[O-])ccc2[N+](=O)[O-])oc2ccccc12. The molecule has 0 aliphatic carbocycles. The largest absolute Gasteiger partial charge is 0.456 e. The van der Waals surface area contributed by atoms with E-state index in [1.807, 2.05) is 0 Å². The summed E-state index contributed by atoms with van der Waals surface area (Å²) in [7, 11) is 0. The number of benzene rings is 2. The molecule has 3 rings (SSSR count). The van der Waals surface area contributed by atoms with Crippen LogP contribution in [0, 0.1) is 20.2 Å². The van der Waals surface area contributed by atoms with Gasteiger partial charge in [-0.3, -0.25) is 25.0 Å². The molecule has 0 N–H and O–H groups in total. The average Bonchev–Trinajstić information content (AvgIpc) is 2.54. The van der Waals surface area contributed by atoms with Crippen molar-refractivity contribution in [3.05, 3.63) is 79.0 Å². The van der Waals surface area contributed by atoms with Gasteiger partial charge in [-0.15, -0.1) is 0 Å². The van der Waals surface area contributed by atoms with Gasteiger partial charge in [-0.2, -0.15) is 0 Å². The van der Waals surface area contributed by atoms with Crippen molar-refractivity contribution in [2.75, 3.05) is 0 Å². The summed E-state index contributed by atoms with van der Waals surface area (Å²) in [4.78, 5) is 32.8. The molecule has 1 heterocycles. The van der Waals surface area contributed by atoms with Gasteiger partial charge in [-0.1, -0.05) is 12.1 Å². The van der Waals surface area contributed by atoms with Gasteiger partial charge in [0, 0.05) is 24.3 Å². The first-order chi connectivity index (χ1) is 11.0. The van der Waals surface area contributed by atoms with Crippen LogP contribution < -0.4 is 5.43 Å². The average molecular weight is 312 g/mol. The third kappa shape index (κ3) is 2.53. The number of nitro groups is 2. The minimum absolute atomic E-state index is 0.0934. The molecule has 8 nitrogen and oxygen atoms in total. The Bertz CT molecular complexity index is 1010.